The zero-order valence-corrected chi connectivity index (χ0v) is 22.4. The van der Waals surface area contributed by atoms with Gasteiger partial charge in [-0.2, -0.15) is 0 Å². The molecule has 0 bridgehead atoms. The number of amides is 2. The van der Waals surface area contributed by atoms with E-state index in [4.69, 9.17) is 0 Å². The smallest absolute Gasteiger partial charge is 0.244 e. The van der Waals surface area contributed by atoms with Crippen molar-refractivity contribution in [3.63, 3.8) is 0 Å². The van der Waals surface area contributed by atoms with Crippen molar-refractivity contribution in [3.05, 3.63) is 102 Å². The second kappa shape index (κ2) is 13.1. The molecule has 1 N–H and O–H groups in total. The summed E-state index contributed by atoms with van der Waals surface area (Å²) in [5.41, 5.74) is 3.13. The number of sulfonamides is 1. The molecule has 0 aliphatic carbocycles. The second-order valence-electron chi connectivity index (χ2n) is 9.11. The van der Waals surface area contributed by atoms with Gasteiger partial charge in [-0.25, -0.2) is 8.42 Å². The van der Waals surface area contributed by atoms with Crippen LogP contribution in [0.2, 0.25) is 0 Å². The van der Waals surface area contributed by atoms with Crippen molar-refractivity contribution in [2.75, 3.05) is 23.7 Å². The molecule has 0 aromatic heterocycles. The molecular formula is C29H35N3O4S. The Balaban J connectivity index is 2.01. The standard InChI is InChI=1S/C29H35N3O4S/c1-4-19-30-29(34)27(20-24-11-7-5-8-12-24)31(21-25-13-9-6-10-14-25)28(33)22-32(37(3,35)36)26-17-15-23(2)16-18-26/h5-18,27H,4,19-22H2,1-3H3,(H,30,34). The number of hydrogen-bond donors (Lipinski definition) is 1. The Morgan fingerprint density at radius 1 is 0.865 bits per heavy atom. The molecule has 0 heterocycles. The van der Waals surface area contributed by atoms with Gasteiger partial charge >= 0.3 is 0 Å². The topological polar surface area (TPSA) is 86.8 Å². The van der Waals surface area contributed by atoms with E-state index in [1.165, 1.54) is 4.90 Å². The van der Waals surface area contributed by atoms with Gasteiger partial charge in [-0.1, -0.05) is 85.3 Å². The summed E-state index contributed by atoms with van der Waals surface area (Å²) in [4.78, 5) is 28.8. The number of benzene rings is 3. The van der Waals surface area contributed by atoms with Crippen LogP contribution in [0.3, 0.4) is 0 Å². The van der Waals surface area contributed by atoms with Gasteiger partial charge in [0.2, 0.25) is 21.8 Å². The van der Waals surface area contributed by atoms with Gasteiger partial charge in [0.15, 0.2) is 0 Å². The monoisotopic (exact) mass is 521 g/mol. The average Bonchev–Trinajstić information content (AvgIpc) is 2.89. The van der Waals surface area contributed by atoms with Gasteiger partial charge < -0.3 is 10.2 Å². The molecular weight excluding hydrogens is 486 g/mol. The van der Waals surface area contributed by atoms with Gasteiger partial charge in [0.1, 0.15) is 12.6 Å². The highest BCUT2D eigenvalue weighted by atomic mass is 32.2. The fourth-order valence-electron chi connectivity index (χ4n) is 4.02. The number of nitrogens with one attached hydrogen (secondary N) is 1. The highest BCUT2D eigenvalue weighted by Gasteiger charge is 2.32. The quantitative estimate of drug-likeness (QED) is 0.391. The Kier molecular flexibility index (Phi) is 9.85. The minimum absolute atomic E-state index is 0.169. The molecule has 2 amide bonds. The van der Waals surface area contributed by atoms with Gasteiger partial charge in [0.05, 0.1) is 11.9 Å². The zero-order chi connectivity index (χ0) is 26.8. The van der Waals surface area contributed by atoms with Crippen molar-refractivity contribution in [2.24, 2.45) is 0 Å². The van der Waals surface area contributed by atoms with Crippen LogP contribution < -0.4 is 9.62 Å². The SMILES string of the molecule is CCCNC(=O)C(Cc1ccccc1)N(Cc1ccccc1)C(=O)CN(c1ccc(C)cc1)S(C)(=O)=O. The van der Waals surface area contributed by atoms with Crippen molar-refractivity contribution in [1.82, 2.24) is 10.2 Å². The Labute approximate surface area is 220 Å². The molecule has 0 saturated carbocycles. The molecule has 3 aromatic carbocycles. The number of nitrogens with zero attached hydrogens (tertiary/aromatic N) is 2. The van der Waals surface area contributed by atoms with E-state index in [9.17, 15) is 18.0 Å². The third-order valence-corrected chi connectivity index (χ3v) is 7.16. The van der Waals surface area contributed by atoms with Crippen molar-refractivity contribution in [1.29, 1.82) is 0 Å². The van der Waals surface area contributed by atoms with E-state index in [-0.39, 0.29) is 12.5 Å². The molecule has 0 fully saturated rings. The van der Waals surface area contributed by atoms with Gasteiger partial charge in [0, 0.05) is 19.5 Å². The Bertz CT molecular complexity index is 1260. The molecule has 7 nitrogen and oxygen atoms in total. The third-order valence-electron chi connectivity index (χ3n) is 6.02. The lowest BCUT2D eigenvalue weighted by molar-refractivity contribution is -0.140. The van der Waals surface area contributed by atoms with E-state index in [0.29, 0.717) is 18.7 Å². The summed E-state index contributed by atoms with van der Waals surface area (Å²) in [6.07, 6.45) is 2.14. The first-order valence-corrected chi connectivity index (χ1v) is 14.2. The summed E-state index contributed by atoms with van der Waals surface area (Å²) >= 11 is 0. The predicted octanol–water partition coefficient (Wildman–Crippen LogP) is 3.93. The molecule has 196 valence electrons. The first kappa shape index (κ1) is 27.9. The van der Waals surface area contributed by atoms with Crippen molar-refractivity contribution in [3.8, 4) is 0 Å². The molecule has 0 aliphatic rings. The van der Waals surface area contributed by atoms with Crippen LogP contribution in [0, 0.1) is 6.92 Å². The maximum Gasteiger partial charge on any atom is 0.244 e. The third kappa shape index (κ3) is 8.18. The Morgan fingerprint density at radius 3 is 1.97 bits per heavy atom. The maximum atomic E-state index is 13.9. The summed E-state index contributed by atoms with van der Waals surface area (Å²) in [6, 6.07) is 25.1. The summed E-state index contributed by atoms with van der Waals surface area (Å²) < 4.78 is 26.6. The highest BCUT2D eigenvalue weighted by Crippen LogP contribution is 2.21. The van der Waals surface area contributed by atoms with Crippen LogP contribution in [0.1, 0.15) is 30.0 Å². The van der Waals surface area contributed by atoms with Crippen LogP contribution in [-0.2, 0) is 32.6 Å². The number of anilines is 1. The number of aryl methyl sites for hydroxylation is 1. The zero-order valence-electron chi connectivity index (χ0n) is 21.6. The lowest BCUT2D eigenvalue weighted by Crippen LogP contribution is -2.53. The van der Waals surface area contributed by atoms with Gasteiger partial charge in [0.25, 0.3) is 0 Å². The van der Waals surface area contributed by atoms with Crippen LogP contribution in [-0.4, -0.2) is 50.5 Å². The minimum atomic E-state index is -3.77. The van der Waals surface area contributed by atoms with Gasteiger partial charge in [-0.05, 0) is 36.6 Å². The molecule has 3 rings (SSSR count). The predicted molar refractivity (Wildman–Crippen MR) is 148 cm³/mol. The number of carbonyl (C=O) groups is 2. The highest BCUT2D eigenvalue weighted by molar-refractivity contribution is 7.92. The Hall–Kier alpha value is -3.65. The summed E-state index contributed by atoms with van der Waals surface area (Å²) in [6.45, 7) is 4.11. The molecule has 0 radical (unpaired) electrons. The largest absolute Gasteiger partial charge is 0.354 e. The normalized spacial score (nSPS) is 12.0. The molecule has 0 saturated heterocycles. The average molecular weight is 522 g/mol. The van der Waals surface area contributed by atoms with Gasteiger partial charge in [-0.15, -0.1) is 0 Å². The van der Waals surface area contributed by atoms with Crippen LogP contribution in [0.25, 0.3) is 0 Å². The molecule has 0 spiro atoms. The molecule has 1 atom stereocenters. The van der Waals surface area contributed by atoms with E-state index < -0.39 is 28.5 Å². The van der Waals surface area contributed by atoms with Crippen molar-refractivity contribution < 1.29 is 18.0 Å². The molecule has 1 unspecified atom stereocenters. The summed E-state index contributed by atoms with van der Waals surface area (Å²) in [5, 5.41) is 2.93. The molecule has 0 aliphatic heterocycles. The second-order valence-corrected chi connectivity index (χ2v) is 11.0. The number of rotatable bonds is 12. The number of hydrogen-bond acceptors (Lipinski definition) is 4. The van der Waals surface area contributed by atoms with Crippen molar-refractivity contribution in [2.45, 2.75) is 39.3 Å². The van der Waals surface area contributed by atoms with Crippen molar-refractivity contribution >= 4 is 27.5 Å². The molecule has 37 heavy (non-hydrogen) atoms. The lowest BCUT2D eigenvalue weighted by Gasteiger charge is -2.33. The van der Waals surface area contributed by atoms with Crippen LogP contribution in [0.4, 0.5) is 5.69 Å². The maximum absolute atomic E-state index is 13.9. The van der Waals surface area contributed by atoms with E-state index in [1.807, 2.05) is 74.5 Å². The van der Waals surface area contributed by atoms with Gasteiger partial charge in [-0.3, -0.25) is 13.9 Å². The molecule has 3 aromatic rings. The van der Waals surface area contributed by atoms with Crippen LogP contribution >= 0.6 is 0 Å². The fourth-order valence-corrected chi connectivity index (χ4v) is 4.87. The van der Waals surface area contributed by atoms with E-state index in [0.717, 1.165) is 33.7 Å². The van der Waals surface area contributed by atoms with Crippen LogP contribution in [0.5, 0.6) is 0 Å². The van der Waals surface area contributed by atoms with E-state index in [2.05, 4.69) is 5.32 Å². The van der Waals surface area contributed by atoms with Crippen LogP contribution in [0.15, 0.2) is 84.9 Å². The fraction of sp³-hybridized carbons (Fsp3) is 0.310. The molecule has 8 heteroatoms. The first-order chi connectivity index (χ1) is 17.7. The minimum Gasteiger partial charge on any atom is -0.354 e. The van der Waals surface area contributed by atoms with E-state index in [1.54, 1.807) is 24.3 Å². The Morgan fingerprint density at radius 2 is 1.43 bits per heavy atom. The lowest BCUT2D eigenvalue weighted by atomic mass is 10.0. The van der Waals surface area contributed by atoms with E-state index >= 15 is 0 Å². The first-order valence-electron chi connectivity index (χ1n) is 12.4. The number of carbonyl (C=O) groups excluding carboxylic acids is 2. The summed E-state index contributed by atoms with van der Waals surface area (Å²) in [5.74, 6) is -0.723. The summed E-state index contributed by atoms with van der Waals surface area (Å²) in [7, 11) is -3.77.